The molecule has 3 N–H and O–H groups in total. The van der Waals surface area contributed by atoms with Gasteiger partial charge in [0.25, 0.3) is 0 Å². The summed E-state index contributed by atoms with van der Waals surface area (Å²) >= 11 is 0. The summed E-state index contributed by atoms with van der Waals surface area (Å²) in [6.07, 6.45) is 10.5. The van der Waals surface area contributed by atoms with Gasteiger partial charge in [-0.05, 0) is 25.2 Å². The maximum Gasteiger partial charge on any atom is 0.189 e. The average Bonchev–Trinajstić information content (AvgIpc) is 3.02. The second-order valence-electron chi connectivity index (χ2n) is 5.32. The number of hydrogen-bond acceptors (Lipinski definition) is 1. The van der Waals surface area contributed by atoms with Gasteiger partial charge in [0, 0.05) is 6.04 Å². The Balaban J connectivity index is 1.75. The smallest absolute Gasteiger partial charge is 0.189 e. The summed E-state index contributed by atoms with van der Waals surface area (Å²) in [5.74, 6) is 1.49. The van der Waals surface area contributed by atoms with E-state index in [1.807, 2.05) is 0 Å². The number of hydrogen-bond donors (Lipinski definition) is 2. The zero-order chi connectivity index (χ0) is 11.4. The normalized spacial score (nSPS) is 32.2. The van der Waals surface area contributed by atoms with E-state index in [1.54, 1.807) is 0 Å². The molecule has 0 bridgehead atoms. The molecule has 2 atom stereocenters. The molecule has 0 unspecified atom stereocenters. The lowest BCUT2D eigenvalue weighted by atomic mass is 10.1. The van der Waals surface area contributed by atoms with Gasteiger partial charge < -0.3 is 11.1 Å². The first kappa shape index (κ1) is 11.7. The predicted octanol–water partition coefficient (Wildman–Crippen LogP) is 2.41. The molecule has 0 spiro atoms. The van der Waals surface area contributed by atoms with Crippen molar-refractivity contribution in [1.82, 2.24) is 5.32 Å². The minimum Gasteiger partial charge on any atom is -0.370 e. The van der Waals surface area contributed by atoms with Crippen LogP contribution in [0.4, 0.5) is 0 Å². The van der Waals surface area contributed by atoms with E-state index in [-0.39, 0.29) is 0 Å². The topological polar surface area (TPSA) is 50.4 Å². The summed E-state index contributed by atoms with van der Waals surface area (Å²) in [6, 6.07) is 1.09. The lowest BCUT2D eigenvalue weighted by molar-refractivity contribution is 0.529. The molecule has 0 aromatic rings. The van der Waals surface area contributed by atoms with E-state index >= 15 is 0 Å². The fourth-order valence-corrected chi connectivity index (χ4v) is 2.68. The van der Waals surface area contributed by atoms with E-state index in [0.717, 1.165) is 5.92 Å². The molecule has 0 saturated heterocycles. The van der Waals surface area contributed by atoms with Crippen LogP contribution in [0.2, 0.25) is 0 Å². The standard InChI is InChI=1S/C13H25N3/c1-2-10-9-12(10)16-13(14)15-11-7-5-3-4-6-8-11/h10-12H,2-9H2,1H3,(H3,14,15,16)/t10-,12-/m1/s1. The fraction of sp³-hybridized carbons (Fsp3) is 0.923. The van der Waals surface area contributed by atoms with Crippen LogP contribution in [0.3, 0.4) is 0 Å². The van der Waals surface area contributed by atoms with Gasteiger partial charge in [-0.15, -0.1) is 0 Å². The summed E-state index contributed by atoms with van der Waals surface area (Å²) in [6.45, 7) is 2.23. The average molecular weight is 223 g/mol. The lowest BCUT2D eigenvalue weighted by Crippen LogP contribution is -2.40. The third-order valence-corrected chi connectivity index (χ3v) is 3.92. The van der Waals surface area contributed by atoms with Gasteiger partial charge in [0.2, 0.25) is 0 Å². The van der Waals surface area contributed by atoms with Crippen molar-refractivity contribution in [2.75, 3.05) is 0 Å². The largest absolute Gasteiger partial charge is 0.370 e. The first-order valence-corrected chi connectivity index (χ1v) is 6.89. The Bertz CT molecular complexity index is 242. The Kier molecular flexibility index (Phi) is 4.08. The van der Waals surface area contributed by atoms with Gasteiger partial charge in [-0.25, -0.2) is 4.99 Å². The van der Waals surface area contributed by atoms with Crippen molar-refractivity contribution in [3.05, 3.63) is 0 Å². The van der Waals surface area contributed by atoms with Crippen LogP contribution in [0.25, 0.3) is 0 Å². The van der Waals surface area contributed by atoms with Crippen LogP contribution in [-0.2, 0) is 0 Å². The molecular formula is C13H25N3. The van der Waals surface area contributed by atoms with Crippen molar-refractivity contribution in [1.29, 1.82) is 0 Å². The third kappa shape index (κ3) is 3.39. The molecule has 0 heterocycles. The van der Waals surface area contributed by atoms with Crippen LogP contribution in [0.15, 0.2) is 4.99 Å². The molecule has 0 aromatic heterocycles. The predicted molar refractivity (Wildman–Crippen MR) is 68.4 cm³/mol. The first-order valence-electron chi connectivity index (χ1n) is 6.89. The SMILES string of the molecule is CC[C@@H]1C[C@H]1N=C(N)NC1CCCCCC1. The molecule has 2 aliphatic carbocycles. The quantitative estimate of drug-likeness (QED) is 0.438. The van der Waals surface area contributed by atoms with Gasteiger partial charge in [-0.2, -0.15) is 0 Å². The van der Waals surface area contributed by atoms with E-state index in [4.69, 9.17) is 5.73 Å². The van der Waals surface area contributed by atoms with Crippen LogP contribution < -0.4 is 11.1 Å². The van der Waals surface area contributed by atoms with E-state index < -0.39 is 0 Å². The van der Waals surface area contributed by atoms with Crippen molar-refractivity contribution >= 4 is 5.96 Å². The number of rotatable bonds is 3. The van der Waals surface area contributed by atoms with Crippen molar-refractivity contribution in [3.8, 4) is 0 Å². The summed E-state index contributed by atoms with van der Waals surface area (Å²) in [7, 11) is 0. The second kappa shape index (κ2) is 5.55. The van der Waals surface area contributed by atoms with E-state index in [0.29, 0.717) is 18.0 Å². The highest BCUT2D eigenvalue weighted by Gasteiger charge is 2.35. The monoisotopic (exact) mass is 223 g/mol. The van der Waals surface area contributed by atoms with Crippen molar-refractivity contribution < 1.29 is 0 Å². The van der Waals surface area contributed by atoms with Gasteiger partial charge in [0.1, 0.15) is 0 Å². The first-order chi connectivity index (χ1) is 7.79. The summed E-state index contributed by atoms with van der Waals surface area (Å²) in [4.78, 5) is 4.55. The molecule has 92 valence electrons. The maximum atomic E-state index is 5.95. The molecule has 16 heavy (non-hydrogen) atoms. The molecule has 2 saturated carbocycles. The minimum absolute atomic E-state index is 0.517. The molecule has 2 rings (SSSR count). The Labute approximate surface area is 98.9 Å². The van der Waals surface area contributed by atoms with Crippen LogP contribution >= 0.6 is 0 Å². The summed E-state index contributed by atoms with van der Waals surface area (Å²) in [5, 5.41) is 3.40. The molecule has 0 amide bonds. The molecule has 3 nitrogen and oxygen atoms in total. The van der Waals surface area contributed by atoms with E-state index in [2.05, 4.69) is 17.2 Å². The van der Waals surface area contributed by atoms with Crippen LogP contribution in [0.1, 0.15) is 58.3 Å². The molecule has 0 aromatic carbocycles. The van der Waals surface area contributed by atoms with Crippen molar-refractivity contribution in [2.24, 2.45) is 16.6 Å². The van der Waals surface area contributed by atoms with Gasteiger partial charge in [-0.3, -0.25) is 0 Å². The molecule has 3 heteroatoms. The third-order valence-electron chi connectivity index (χ3n) is 3.92. The van der Waals surface area contributed by atoms with Crippen LogP contribution in [0.5, 0.6) is 0 Å². The van der Waals surface area contributed by atoms with Crippen LogP contribution in [0, 0.1) is 5.92 Å². The summed E-state index contributed by atoms with van der Waals surface area (Å²) in [5.41, 5.74) is 5.95. The molecule has 0 aliphatic heterocycles. The van der Waals surface area contributed by atoms with Crippen LogP contribution in [-0.4, -0.2) is 18.0 Å². The Hall–Kier alpha value is -0.730. The Morgan fingerprint density at radius 1 is 1.25 bits per heavy atom. The van der Waals surface area contributed by atoms with Gasteiger partial charge in [0.05, 0.1) is 6.04 Å². The summed E-state index contributed by atoms with van der Waals surface area (Å²) < 4.78 is 0. The molecular weight excluding hydrogens is 198 g/mol. The van der Waals surface area contributed by atoms with Gasteiger partial charge in [0.15, 0.2) is 5.96 Å². The molecule has 2 fully saturated rings. The lowest BCUT2D eigenvalue weighted by Gasteiger charge is -2.16. The highest BCUT2D eigenvalue weighted by Crippen LogP contribution is 2.36. The maximum absolute atomic E-state index is 5.95. The number of nitrogens with two attached hydrogens (primary N) is 1. The molecule has 2 aliphatic rings. The molecule has 0 radical (unpaired) electrons. The van der Waals surface area contributed by atoms with Crippen molar-refractivity contribution in [2.45, 2.75) is 70.4 Å². The van der Waals surface area contributed by atoms with E-state index in [1.165, 1.54) is 51.4 Å². The number of nitrogens with one attached hydrogen (secondary N) is 1. The minimum atomic E-state index is 0.517. The highest BCUT2D eigenvalue weighted by atomic mass is 15.1. The fourth-order valence-electron chi connectivity index (χ4n) is 2.68. The van der Waals surface area contributed by atoms with Crippen molar-refractivity contribution in [3.63, 3.8) is 0 Å². The van der Waals surface area contributed by atoms with Gasteiger partial charge >= 0.3 is 0 Å². The number of nitrogens with zero attached hydrogens (tertiary/aromatic N) is 1. The zero-order valence-corrected chi connectivity index (χ0v) is 10.4. The number of guanidine groups is 1. The zero-order valence-electron chi connectivity index (χ0n) is 10.4. The second-order valence-corrected chi connectivity index (χ2v) is 5.32. The highest BCUT2D eigenvalue weighted by molar-refractivity contribution is 5.78. The Morgan fingerprint density at radius 3 is 2.50 bits per heavy atom. The Morgan fingerprint density at radius 2 is 1.94 bits per heavy atom. The number of aliphatic imine (C=N–C) groups is 1. The van der Waals surface area contributed by atoms with E-state index in [9.17, 15) is 0 Å². The van der Waals surface area contributed by atoms with Gasteiger partial charge in [-0.1, -0.05) is 39.0 Å².